The minimum absolute atomic E-state index is 0.329. The molecule has 0 aliphatic heterocycles. The standard InChI is InChI=1S/C14H20N2O/c1-16-11-12(10-15-16)8-9-14(17)13-6-4-2-3-5-7-13/h6,10-11H,2-5,7-9H2,1H3. The molecule has 0 bridgehead atoms. The van der Waals surface area contributed by atoms with Crippen LogP contribution in [0.5, 0.6) is 0 Å². The largest absolute Gasteiger partial charge is 0.295 e. The summed E-state index contributed by atoms with van der Waals surface area (Å²) in [6.45, 7) is 0. The van der Waals surface area contributed by atoms with Crippen LogP contribution >= 0.6 is 0 Å². The Kier molecular flexibility index (Phi) is 4.13. The maximum Gasteiger partial charge on any atom is 0.158 e. The molecule has 0 aromatic carbocycles. The van der Waals surface area contributed by atoms with Crippen LogP contribution in [0, 0.1) is 0 Å². The van der Waals surface area contributed by atoms with E-state index in [1.807, 2.05) is 19.4 Å². The lowest BCUT2D eigenvalue weighted by atomic mass is 10.0. The highest BCUT2D eigenvalue weighted by atomic mass is 16.1. The predicted octanol–water partition coefficient (Wildman–Crippen LogP) is 2.81. The van der Waals surface area contributed by atoms with E-state index in [2.05, 4.69) is 11.2 Å². The lowest BCUT2D eigenvalue weighted by Gasteiger charge is -2.03. The summed E-state index contributed by atoms with van der Waals surface area (Å²) in [5.74, 6) is 0.329. The van der Waals surface area contributed by atoms with Crippen LogP contribution in [0.3, 0.4) is 0 Å². The SMILES string of the molecule is Cn1cc(CCC(=O)C2=CCCCCC2)cn1. The van der Waals surface area contributed by atoms with Gasteiger partial charge in [-0.25, -0.2) is 0 Å². The fraction of sp³-hybridized carbons (Fsp3) is 0.571. The quantitative estimate of drug-likeness (QED) is 0.800. The molecule has 0 saturated carbocycles. The Morgan fingerprint density at radius 2 is 2.29 bits per heavy atom. The number of ketones is 1. The Hall–Kier alpha value is -1.38. The van der Waals surface area contributed by atoms with Crippen LogP contribution in [0.4, 0.5) is 0 Å². The predicted molar refractivity (Wildman–Crippen MR) is 67.7 cm³/mol. The summed E-state index contributed by atoms with van der Waals surface area (Å²) in [6.07, 6.45) is 13.1. The van der Waals surface area contributed by atoms with Crippen LogP contribution < -0.4 is 0 Å². The van der Waals surface area contributed by atoms with E-state index < -0.39 is 0 Å². The highest BCUT2D eigenvalue weighted by Gasteiger charge is 2.11. The fourth-order valence-corrected chi connectivity index (χ4v) is 2.29. The Labute approximate surface area is 103 Å². The fourth-order valence-electron chi connectivity index (χ4n) is 2.29. The van der Waals surface area contributed by atoms with Crippen molar-refractivity contribution in [2.24, 2.45) is 7.05 Å². The van der Waals surface area contributed by atoms with E-state index in [-0.39, 0.29) is 0 Å². The van der Waals surface area contributed by atoms with E-state index in [4.69, 9.17) is 0 Å². The third kappa shape index (κ3) is 3.55. The minimum Gasteiger partial charge on any atom is -0.295 e. The van der Waals surface area contributed by atoms with E-state index in [1.165, 1.54) is 19.3 Å². The van der Waals surface area contributed by atoms with Crippen molar-refractivity contribution >= 4 is 5.78 Å². The van der Waals surface area contributed by atoms with Crippen LogP contribution in [0.2, 0.25) is 0 Å². The highest BCUT2D eigenvalue weighted by molar-refractivity contribution is 5.95. The van der Waals surface area contributed by atoms with Gasteiger partial charge in [0.25, 0.3) is 0 Å². The molecule has 0 radical (unpaired) electrons. The van der Waals surface area contributed by atoms with E-state index in [0.29, 0.717) is 12.2 Å². The molecule has 0 fully saturated rings. The molecule has 1 aliphatic rings. The van der Waals surface area contributed by atoms with E-state index in [0.717, 1.165) is 30.4 Å². The van der Waals surface area contributed by atoms with Crippen molar-refractivity contribution in [3.8, 4) is 0 Å². The minimum atomic E-state index is 0.329. The maximum absolute atomic E-state index is 12.0. The summed E-state index contributed by atoms with van der Waals surface area (Å²) in [4.78, 5) is 12.0. The van der Waals surface area contributed by atoms with E-state index in [1.54, 1.807) is 4.68 Å². The first-order valence-electron chi connectivity index (χ1n) is 6.45. The molecule has 92 valence electrons. The zero-order valence-electron chi connectivity index (χ0n) is 10.5. The van der Waals surface area contributed by atoms with Crippen LogP contribution in [0.15, 0.2) is 24.0 Å². The van der Waals surface area contributed by atoms with Crippen molar-refractivity contribution in [2.75, 3.05) is 0 Å². The third-order valence-corrected chi connectivity index (χ3v) is 3.30. The molecule has 0 unspecified atom stereocenters. The zero-order valence-corrected chi connectivity index (χ0v) is 10.5. The van der Waals surface area contributed by atoms with Gasteiger partial charge in [-0.2, -0.15) is 5.10 Å². The topological polar surface area (TPSA) is 34.9 Å². The second-order valence-corrected chi connectivity index (χ2v) is 4.77. The number of rotatable bonds is 4. The van der Waals surface area contributed by atoms with Gasteiger partial charge in [-0.1, -0.05) is 12.5 Å². The molecule has 1 aromatic rings. The lowest BCUT2D eigenvalue weighted by Crippen LogP contribution is -2.03. The molecule has 0 N–H and O–H groups in total. The number of carbonyl (C=O) groups excluding carboxylic acids is 1. The summed E-state index contributed by atoms with van der Waals surface area (Å²) < 4.78 is 1.78. The van der Waals surface area contributed by atoms with Crippen LogP contribution in [-0.2, 0) is 18.3 Å². The molecule has 0 atom stereocenters. The smallest absolute Gasteiger partial charge is 0.158 e. The average Bonchev–Trinajstić information content (AvgIpc) is 2.58. The van der Waals surface area contributed by atoms with Gasteiger partial charge in [-0.3, -0.25) is 9.48 Å². The summed E-state index contributed by atoms with van der Waals surface area (Å²) in [5, 5.41) is 4.11. The molecule has 0 saturated heterocycles. The molecule has 0 spiro atoms. The molecule has 1 aromatic heterocycles. The number of Topliss-reactive ketones (excluding diaryl/α,β-unsaturated/α-hetero) is 1. The van der Waals surface area contributed by atoms with Crippen molar-refractivity contribution in [1.29, 1.82) is 0 Å². The van der Waals surface area contributed by atoms with Gasteiger partial charge in [-0.05, 0) is 43.2 Å². The number of aromatic nitrogens is 2. The van der Waals surface area contributed by atoms with Crippen molar-refractivity contribution in [3.05, 3.63) is 29.6 Å². The number of carbonyl (C=O) groups is 1. The normalized spacial score (nSPS) is 16.4. The number of nitrogens with zero attached hydrogens (tertiary/aromatic N) is 2. The number of aryl methyl sites for hydroxylation is 2. The van der Waals surface area contributed by atoms with Gasteiger partial charge < -0.3 is 0 Å². The Bertz CT molecular complexity index is 418. The Balaban J connectivity index is 1.86. The second-order valence-electron chi connectivity index (χ2n) is 4.77. The van der Waals surface area contributed by atoms with Crippen molar-refractivity contribution in [1.82, 2.24) is 9.78 Å². The first kappa shape index (κ1) is 12.1. The molecule has 0 amide bonds. The molecular weight excluding hydrogens is 212 g/mol. The first-order chi connectivity index (χ1) is 8.25. The monoisotopic (exact) mass is 232 g/mol. The van der Waals surface area contributed by atoms with Crippen LogP contribution in [0.25, 0.3) is 0 Å². The second kappa shape index (κ2) is 5.80. The van der Waals surface area contributed by atoms with Gasteiger partial charge in [0, 0.05) is 19.7 Å². The molecular formula is C14H20N2O. The highest BCUT2D eigenvalue weighted by Crippen LogP contribution is 2.19. The number of allylic oxidation sites excluding steroid dienone is 2. The van der Waals surface area contributed by atoms with Gasteiger partial charge in [0.2, 0.25) is 0 Å². The van der Waals surface area contributed by atoms with Crippen molar-refractivity contribution < 1.29 is 4.79 Å². The van der Waals surface area contributed by atoms with Gasteiger partial charge in [-0.15, -0.1) is 0 Å². The van der Waals surface area contributed by atoms with Gasteiger partial charge in [0.1, 0.15) is 0 Å². The Morgan fingerprint density at radius 3 is 3.06 bits per heavy atom. The van der Waals surface area contributed by atoms with Gasteiger partial charge in [0.05, 0.1) is 6.20 Å². The lowest BCUT2D eigenvalue weighted by molar-refractivity contribution is -0.115. The molecule has 3 nitrogen and oxygen atoms in total. The zero-order chi connectivity index (χ0) is 12.1. The molecule has 1 heterocycles. The van der Waals surface area contributed by atoms with E-state index >= 15 is 0 Å². The number of hydrogen-bond donors (Lipinski definition) is 0. The van der Waals surface area contributed by atoms with Crippen LogP contribution in [0.1, 0.15) is 44.1 Å². The summed E-state index contributed by atoms with van der Waals surface area (Å²) in [5.41, 5.74) is 2.21. The summed E-state index contributed by atoms with van der Waals surface area (Å²) in [7, 11) is 1.90. The molecule has 17 heavy (non-hydrogen) atoms. The van der Waals surface area contributed by atoms with Gasteiger partial charge in [0.15, 0.2) is 5.78 Å². The third-order valence-electron chi connectivity index (χ3n) is 3.30. The Morgan fingerprint density at radius 1 is 1.41 bits per heavy atom. The van der Waals surface area contributed by atoms with Crippen LogP contribution in [-0.4, -0.2) is 15.6 Å². The molecule has 2 rings (SSSR count). The maximum atomic E-state index is 12.0. The van der Waals surface area contributed by atoms with Crippen molar-refractivity contribution in [3.63, 3.8) is 0 Å². The summed E-state index contributed by atoms with van der Waals surface area (Å²) >= 11 is 0. The van der Waals surface area contributed by atoms with Crippen molar-refractivity contribution in [2.45, 2.75) is 44.9 Å². The molecule has 3 heteroatoms. The average molecular weight is 232 g/mol. The summed E-state index contributed by atoms with van der Waals surface area (Å²) in [6, 6.07) is 0. The van der Waals surface area contributed by atoms with Gasteiger partial charge >= 0.3 is 0 Å². The molecule has 1 aliphatic carbocycles. The first-order valence-corrected chi connectivity index (χ1v) is 6.45. The van der Waals surface area contributed by atoms with E-state index in [9.17, 15) is 4.79 Å². The number of hydrogen-bond acceptors (Lipinski definition) is 2.